The molecule has 0 aliphatic rings. The normalized spacial score (nSPS) is 10.7. The van der Waals surface area contributed by atoms with Gasteiger partial charge in [-0.3, -0.25) is 4.79 Å². The van der Waals surface area contributed by atoms with E-state index in [1.54, 1.807) is 12.1 Å². The number of aliphatic carboxylic acids is 1. The van der Waals surface area contributed by atoms with E-state index in [9.17, 15) is 13.6 Å². The number of hydrogen-bond acceptors (Lipinski definition) is 2. The van der Waals surface area contributed by atoms with Crippen LogP contribution < -0.4 is 5.32 Å². The molecule has 1 aromatic carbocycles. The van der Waals surface area contributed by atoms with Crippen LogP contribution in [0.15, 0.2) is 24.3 Å². The molecule has 16 heavy (non-hydrogen) atoms. The van der Waals surface area contributed by atoms with Gasteiger partial charge >= 0.3 is 5.97 Å². The van der Waals surface area contributed by atoms with E-state index in [0.29, 0.717) is 13.1 Å². The summed E-state index contributed by atoms with van der Waals surface area (Å²) in [4.78, 5) is 10.2. The highest BCUT2D eigenvalue weighted by molar-refractivity contribution is 5.66. The monoisotopic (exact) mass is 229 g/mol. The summed E-state index contributed by atoms with van der Waals surface area (Å²) in [6, 6.07) is 6.07. The maximum absolute atomic E-state index is 12.3. The maximum atomic E-state index is 12.3. The highest BCUT2D eigenvalue weighted by Gasteiger charge is 2.06. The van der Waals surface area contributed by atoms with Crippen molar-refractivity contribution in [2.75, 3.05) is 6.54 Å². The fraction of sp³-hybridized carbons (Fsp3) is 0.364. The molecule has 0 bridgehead atoms. The summed E-state index contributed by atoms with van der Waals surface area (Å²) in [5.74, 6) is -0.881. The van der Waals surface area contributed by atoms with Crippen molar-refractivity contribution in [3.63, 3.8) is 0 Å². The van der Waals surface area contributed by atoms with Crippen molar-refractivity contribution in [3.8, 4) is 0 Å². The van der Waals surface area contributed by atoms with Crippen molar-refractivity contribution in [1.82, 2.24) is 5.32 Å². The molecule has 0 spiro atoms. The van der Waals surface area contributed by atoms with Gasteiger partial charge in [-0.2, -0.15) is 0 Å². The summed E-state index contributed by atoms with van der Waals surface area (Å²) in [5.41, 5.74) is 0.709. The Morgan fingerprint density at radius 1 is 1.44 bits per heavy atom. The van der Waals surface area contributed by atoms with E-state index in [-0.39, 0.29) is 12.0 Å². The Labute approximate surface area is 92.1 Å². The number of rotatable bonds is 6. The third-order valence-corrected chi connectivity index (χ3v) is 2.05. The first-order valence-corrected chi connectivity index (χ1v) is 4.89. The van der Waals surface area contributed by atoms with Crippen LogP contribution in [0.4, 0.5) is 8.78 Å². The lowest BCUT2D eigenvalue weighted by Crippen LogP contribution is -2.17. The number of carbonyl (C=O) groups is 1. The first-order valence-electron chi connectivity index (χ1n) is 4.89. The fourth-order valence-electron chi connectivity index (χ4n) is 1.27. The molecule has 0 radical (unpaired) electrons. The second kappa shape index (κ2) is 6.17. The molecule has 1 rings (SSSR count). The van der Waals surface area contributed by atoms with Crippen molar-refractivity contribution < 1.29 is 18.7 Å². The highest BCUT2D eigenvalue weighted by atomic mass is 19.3. The zero-order valence-electron chi connectivity index (χ0n) is 8.62. The Bertz CT molecular complexity index is 356. The summed E-state index contributed by atoms with van der Waals surface area (Å²) in [6.07, 6.45) is -2.45. The van der Waals surface area contributed by atoms with E-state index < -0.39 is 12.4 Å². The molecule has 0 heterocycles. The SMILES string of the molecule is O=C(O)CCNCc1cccc(C(F)F)c1. The Morgan fingerprint density at radius 2 is 2.19 bits per heavy atom. The molecule has 88 valence electrons. The van der Waals surface area contributed by atoms with Crippen LogP contribution in [0.5, 0.6) is 0 Å². The topological polar surface area (TPSA) is 49.3 Å². The van der Waals surface area contributed by atoms with E-state index in [4.69, 9.17) is 5.11 Å². The van der Waals surface area contributed by atoms with Gasteiger partial charge in [-0.15, -0.1) is 0 Å². The van der Waals surface area contributed by atoms with Crippen molar-refractivity contribution in [2.45, 2.75) is 19.4 Å². The predicted octanol–water partition coefficient (Wildman–Crippen LogP) is 2.19. The minimum absolute atomic E-state index is 0.0162. The number of halogens is 2. The number of carboxylic acids is 1. The quantitative estimate of drug-likeness (QED) is 0.735. The molecule has 2 N–H and O–H groups in total. The molecule has 0 saturated heterocycles. The Balaban J connectivity index is 2.42. The summed E-state index contributed by atoms with van der Waals surface area (Å²) < 4.78 is 24.7. The number of benzene rings is 1. The third kappa shape index (κ3) is 4.35. The van der Waals surface area contributed by atoms with Crippen molar-refractivity contribution in [1.29, 1.82) is 0 Å². The highest BCUT2D eigenvalue weighted by Crippen LogP contribution is 2.19. The molecule has 0 unspecified atom stereocenters. The molecular weight excluding hydrogens is 216 g/mol. The van der Waals surface area contributed by atoms with E-state index >= 15 is 0 Å². The molecule has 0 amide bonds. The van der Waals surface area contributed by atoms with Gasteiger partial charge in [0.05, 0.1) is 6.42 Å². The van der Waals surface area contributed by atoms with Crippen LogP contribution in [0.25, 0.3) is 0 Å². The Kier molecular flexibility index (Phi) is 4.85. The molecular formula is C11H13F2NO2. The number of carboxylic acid groups (broad SMARTS) is 1. The van der Waals surface area contributed by atoms with Crippen LogP contribution in [-0.4, -0.2) is 17.6 Å². The minimum Gasteiger partial charge on any atom is -0.481 e. The van der Waals surface area contributed by atoms with E-state index in [0.717, 1.165) is 5.56 Å². The standard InChI is InChI=1S/C11H13F2NO2/c12-11(13)9-3-1-2-8(6-9)7-14-5-4-10(15)16/h1-3,6,11,14H,4-5,7H2,(H,15,16). The van der Waals surface area contributed by atoms with Gasteiger partial charge in [-0.25, -0.2) is 8.78 Å². The van der Waals surface area contributed by atoms with Gasteiger partial charge in [-0.05, 0) is 11.6 Å². The largest absolute Gasteiger partial charge is 0.481 e. The summed E-state index contributed by atoms with van der Waals surface area (Å²) in [5, 5.41) is 11.3. The minimum atomic E-state index is -2.47. The Hall–Kier alpha value is -1.49. The number of alkyl halides is 2. The van der Waals surface area contributed by atoms with Gasteiger partial charge in [-0.1, -0.05) is 18.2 Å². The van der Waals surface area contributed by atoms with Crippen LogP contribution >= 0.6 is 0 Å². The molecule has 0 atom stereocenters. The average Bonchev–Trinajstić information content (AvgIpc) is 2.24. The molecule has 0 aliphatic carbocycles. The smallest absolute Gasteiger partial charge is 0.304 e. The van der Waals surface area contributed by atoms with Crippen LogP contribution in [0, 0.1) is 0 Å². The van der Waals surface area contributed by atoms with E-state index in [1.807, 2.05) is 0 Å². The first kappa shape index (κ1) is 12.6. The van der Waals surface area contributed by atoms with Crippen LogP contribution in [0.3, 0.4) is 0 Å². The summed E-state index contributed by atoms with van der Waals surface area (Å²) >= 11 is 0. The molecule has 3 nitrogen and oxygen atoms in total. The van der Waals surface area contributed by atoms with E-state index in [1.165, 1.54) is 12.1 Å². The van der Waals surface area contributed by atoms with Crippen molar-refractivity contribution >= 4 is 5.97 Å². The van der Waals surface area contributed by atoms with Gasteiger partial charge in [0.15, 0.2) is 0 Å². The molecule has 0 aliphatic heterocycles. The van der Waals surface area contributed by atoms with Gasteiger partial charge in [0.25, 0.3) is 6.43 Å². The molecule has 0 fully saturated rings. The van der Waals surface area contributed by atoms with Crippen LogP contribution in [0.1, 0.15) is 24.0 Å². The lowest BCUT2D eigenvalue weighted by Gasteiger charge is -2.05. The maximum Gasteiger partial charge on any atom is 0.304 e. The van der Waals surface area contributed by atoms with Gasteiger partial charge in [0.1, 0.15) is 0 Å². The fourth-order valence-corrected chi connectivity index (χ4v) is 1.27. The van der Waals surface area contributed by atoms with Gasteiger partial charge < -0.3 is 10.4 Å². The predicted molar refractivity (Wildman–Crippen MR) is 55.4 cm³/mol. The molecule has 0 aromatic heterocycles. The van der Waals surface area contributed by atoms with Crippen LogP contribution in [0.2, 0.25) is 0 Å². The Morgan fingerprint density at radius 3 is 2.81 bits per heavy atom. The first-order chi connectivity index (χ1) is 7.59. The summed E-state index contributed by atoms with van der Waals surface area (Å²) in [6.45, 7) is 0.724. The number of hydrogen-bond donors (Lipinski definition) is 2. The molecule has 1 aromatic rings. The van der Waals surface area contributed by atoms with Crippen LogP contribution in [-0.2, 0) is 11.3 Å². The summed E-state index contributed by atoms with van der Waals surface area (Å²) in [7, 11) is 0. The molecule has 5 heteroatoms. The number of nitrogens with one attached hydrogen (secondary N) is 1. The van der Waals surface area contributed by atoms with Crippen molar-refractivity contribution in [3.05, 3.63) is 35.4 Å². The van der Waals surface area contributed by atoms with Gasteiger partial charge in [0.2, 0.25) is 0 Å². The second-order valence-electron chi connectivity index (χ2n) is 3.37. The van der Waals surface area contributed by atoms with Crippen molar-refractivity contribution in [2.24, 2.45) is 0 Å². The lowest BCUT2D eigenvalue weighted by atomic mass is 10.1. The third-order valence-electron chi connectivity index (χ3n) is 2.05. The average molecular weight is 229 g/mol. The zero-order valence-corrected chi connectivity index (χ0v) is 8.62. The molecule has 0 saturated carbocycles. The van der Waals surface area contributed by atoms with E-state index in [2.05, 4.69) is 5.32 Å². The zero-order chi connectivity index (χ0) is 12.0. The lowest BCUT2D eigenvalue weighted by molar-refractivity contribution is -0.136. The van der Waals surface area contributed by atoms with Gasteiger partial charge in [0, 0.05) is 18.7 Å². The second-order valence-corrected chi connectivity index (χ2v) is 3.37.